The van der Waals surface area contributed by atoms with Gasteiger partial charge in [-0.2, -0.15) is 13.2 Å². The number of H-pyrrole nitrogens is 2. The molecule has 0 spiro atoms. The van der Waals surface area contributed by atoms with Crippen LogP contribution in [-0.2, 0) is 6.18 Å². The fourth-order valence-corrected chi connectivity index (χ4v) is 2.83. The number of aromatic nitrogens is 2. The molecule has 138 valence electrons. The van der Waals surface area contributed by atoms with Crippen molar-refractivity contribution in [2.24, 2.45) is 0 Å². The molecule has 1 saturated heterocycles. The number of amides is 1. The molecule has 1 aliphatic heterocycles. The Hall–Kier alpha value is -2.84. The van der Waals surface area contributed by atoms with Crippen molar-refractivity contribution in [1.29, 1.82) is 0 Å². The van der Waals surface area contributed by atoms with Crippen LogP contribution in [-0.4, -0.2) is 47.8 Å². The van der Waals surface area contributed by atoms with Gasteiger partial charge in [0.05, 0.1) is 18.7 Å². The van der Waals surface area contributed by atoms with Crippen molar-refractivity contribution in [2.45, 2.75) is 13.1 Å². The van der Waals surface area contributed by atoms with Crippen LogP contribution < -0.4 is 9.88 Å². The van der Waals surface area contributed by atoms with Crippen LogP contribution in [0.1, 0.15) is 33.3 Å². The number of rotatable bonds is 3. The maximum atomic E-state index is 12.6. The summed E-state index contributed by atoms with van der Waals surface area (Å²) in [5.41, 5.74) is 0.0687. The number of carbonyl (C=O) groups is 2. The molecule has 2 aromatic rings. The molecular formula is C17H18F3N4O2+. The van der Waals surface area contributed by atoms with Crippen molar-refractivity contribution in [3.63, 3.8) is 0 Å². The highest BCUT2D eigenvalue weighted by molar-refractivity contribution is 5.99. The van der Waals surface area contributed by atoms with Crippen LogP contribution in [0.25, 0.3) is 0 Å². The number of halogens is 3. The van der Waals surface area contributed by atoms with Gasteiger partial charge in [-0.25, -0.2) is 4.98 Å². The maximum Gasteiger partial charge on any atom is 0.419 e. The van der Waals surface area contributed by atoms with Crippen LogP contribution in [0, 0.1) is 0 Å². The van der Waals surface area contributed by atoms with Crippen LogP contribution in [0.15, 0.2) is 30.6 Å². The van der Waals surface area contributed by atoms with Gasteiger partial charge in [-0.05, 0) is 19.1 Å². The Bertz CT molecular complexity index is 806. The molecule has 1 fully saturated rings. The van der Waals surface area contributed by atoms with E-state index in [1.165, 1.54) is 25.3 Å². The standard InChI is InChI=1S/C17H17F3N4O2/c1-11(25)12-8-14(21-9-12)16(26)24-6-4-23(5-7-24)15-3-2-13(10-22-15)17(18,19)20/h2-3,8-10,21H,4-7H2,1H3/p+1. The van der Waals surface area contributed by atoms with E-state index in [1.807, 2.05) is 4.90 Å². The zero-order chi connectivity index (χ0) is 18.9. The van der Waals surface area contributed by atoms with E-state index >= 15 is 0 Å². The number of Topliss-reactive ketones (excluding diaryl/α,β-unsaturated/α-hetero) is 1. The van der Waals surface area contributed by atoms with Crippen LogP contribution in [0.3, 0.4) is 0 Å². The van der Waals surface area contributed by atoms with E-state index in [4.69, 9.17) is 0 Å². The van der Waals surface area contributed by atoms with E-state index in [0.717, 1.165) is 12.3 Å². The van der Waals surface area contributed by atoms with Gasteiger partial charge in [0.2, 0.25) is 0 Å². The molecule has 0 aromatic carbocycles. The smallest absolute Gasteiger partial charge is 0.356 e. The largest absolute Gasteiger partial charge is 0.419 e. The number of anilines is 1. The number of nitrogens with one attached hydrogen (secondary N) is 2. The molecule has 26 heavy (non-hydrogen) atoms. The molecular weight excluding hydrogens is 349 g/mol. The first kappa shape index (κ1) is 18.0. The highest BCUT2D eigenvalue weighted by Crippen LogP contribution is 2.28. The lowest BCUT2D eigenvalue weighted by Gasteiger charge is -2.30. The summed E-state index contributed by atoms with van der Waals surface area (Å²) in [5, 5.41) is 0. The molecule has 0 bridgehead atoms. The molecule has 1 amide bonds. The summed E-state index contributed by atoms with van der Waals surface area (Å²) >= 11 is 0. The van der Waals surface area contributed by atoms with E-state index in [1.54, 1.807) is 4.90 Å². The number of alkyl halides is 3. The number of aromatic amines is 2. The van der Waals surface area contributed by atoms with E-state index in [0.29, 0.717) is 43.3 Å². The van der Waals surface area contributed by atoms with E-state index in [9.17, 15) is 22.8 Å². The number of carbonyl (C=O) groups excluding carboxylic acids is 2. The van der Waals surface area contributed by atoms with E-state index < -0.39 is 11.7 Å². The van der Waals surface area contributed by atoms with Gasteiger partial charge >= 0.3 is 6.18 Å². The third-order valence-corrected chi connectivity index (χ3v) is 4.35. The Labute approximate surface area is 147 Å². The molecule has 3 rings (SSSR count). The number of hydrogen-bond acceptors (Lipinski definition) is 3. The number of pyridine rings is 1. The predicted octanol–water partition coefficient (Wildman–Crippen LogP) is 2.01. The Morgan fingerprint density at radius 2 is 1.85 bits per heavy atom. The normalized spacial score (nSPS) is 15.2. The molecule has 9 heteroatoms. The Morgan fingerprint density at radius 1 is 1.15 bits per heavy atom. The lowest BCUT2D eigenvalue weighted by Crippen LogP contribution is -2.50. The molecule has 2 aromatic heterocycles. The topological polar surface area (TPSA) is 70.6 Å². The first-order valence-corrected chi connectivity index (χ1v) is 8.08. The second-order valence-corrected chi connectivity index (χ2v) is 6.10. The fraction of sp³-hybridized carbons (Fsp3) is 0.353. The van der Waals surface area contributed by atoms with Crippen molar-refractivity contribution in [1.82, 2.24) is 9.88 Å². The van der Waals surface area contributed by atoms with Gasteiger partial charge in [-0.15, -0.1) is 0 Å². The summed E-state index contributed by atoms with van der Waals surface area (Å²) < 4.78 is 37.8. The van der Waals surface area contributed by atoms with Gasteiger partial charge in [0.15, 0.2) is 5.78 Å². The molecule has 0 saturated carbocycles. The van der Waals surface area contributed by atoms with Gasteiger partial charge < -0.3 is 9.88 Å². The average Bonchev–Trinajstić information content (AvgIpc) is 3.11. The van der Waals surface area contributed by atoms with Crippen molar-refractivity contribution in [3.05, 3.63) is 47.4 Å². The van der Waals surface area contributed by atoms with Crippen LogP contribution >= 0.6 is 0 Å². The number of piperazine rings is 1. The van der Waals surface area contributed by atoms with Crippen LogP contribution in [0.2, 0.25) is 0 Å². The zero-order valence-electron chi connectivity index (χ0n) is 14.1. The van der Waals surface area contributed by atoms with Crippen LogP contribution in [0.5, 0.6) is 0 Å². The summed E-state index contributed by atoms with van der Waals surface area (Å²) in [4.78, 5) is 32.8. The zero-order valence-corrected chi connectivity index (χ0v) is 14.1. The van der Waals surface area contributed by atoms with Crippen molar-refractivity contribution >= 4 is 17.5 Å². The van der Waals surface area contributed by atoms with Crippen molar-refractivity contribution in [3.8, 4) is 0 Å². The highest BCUT2D eigenvalue weighted by Gasteiger charge is 2.33. The maximum absolute atomic E-state index is 12.6. The number of hydrogen-bond donors (Lipinski definition) is 1. The Morgan fingerprint density at radius 3 is 2.35 bits per heavy atom. The summed E-state index contributed by atoms with van der Waals surface area (Å²) in [5.74, 6) is 0.250. The Balaban J connectivity index is 1.61. The molecule has 0 unspecified atom stereocenters. The summed E-state index contributed by atoms with van der Waals surface area (Å²) in [6.07, 6.45) is -1.94. The first-order valence-electron chi connectivity index (χ1n) is 8.08. The Kier molecular flexibility index (Phi) is 4.71. The minimum atomic E-state index is -4.38. The average molecular weight is 367 g/mol. The quantitative estimate of drug-likeness (QED) is 0.844. The van der Waals surface area contributed by atoms with E-state index in [-0.39, 0.29) is 11.7 Å². The van der Waals surface area contributed by atoms with Crippen molar-refractivity contribution in [2.75, 3.05) is 31.1 Å². The third kappa shape index (κ3) is 3.71. The first-order chi connectivity index (χ1) is 12.3. The fourth-order valence-electron chi connectivity index (χ4n) is 2.83. The molecule has 0 atom stereocenters. The van der Waals surface area contributed by atoms with Gasteiger partial charge in [-0.3, -0.25) is 14.5 Å². The van der Waals surface area contributed by atoms with Gasteiger partial charge in [0.1, 0.15) is 25.0 Å². The summed E-state index contributed by atoms with van der Waals surface area (Å²) in [6.45, 7) is 3.28. The molecule has 2 N–H and O–H groups in total. The van der Waals surface area contributed by atoms with Gasteiger partial charge in [0.25, 0.3) is 11.7 Å². The number of ketones is 1. The number of nitrogens with zero attached hydrogens (tertiary/aromatic N) is 2. The molecule has 3 heterocycles. The third-order valence-electron chi connectivity index (χ3n) is 4.35. The predicted molar refractivity (Wildman–Crippen MR) is 86.9 cm³/mol. The SMILES string of the molecule is CC(=O)c1c[nH]c(C(=O)N2CCN(c3ccc(C(F)(F)F)c[nH+]3)CC2)c1. The van der Waals surface area contributed by atoms with Gasteiger partial charge in [0, 0.05) is 17.8 Å². The molecule has 1 aliphatic rings. The minimum Gasteiger partial charge on any atom is -0.356 e. The minimum absolute atomic E-state index is 0.122. The monoisotopic (exact) mass is 367 g/mol. The highest BCUT2D eigenvalue weighted by atomic mass is 19.4. The molecule has 0 aliphatic carbocycles. The lowest BCUT2D eigenvalue weighted by molar-refractivity contribution is -0.367. The van der Waals surface area contributed by atoms with Gasteiger partial charge in [-0.1, -0.05) is 0 Å². The molecule has 0 radical (unpaired) electrons. The second kappa shape index (κ2) is 6.81. The summed E-state index contributed by atoms with van der Waals surface area (Å²) in [7, 11) is 0. The van der Waals surface area contributed by atoms with Crippen molar-refractivity contribution < 1.29 is 27.7 Å². The van der Waals surface area contributed by atoms with E-state index in [2.05, 4.69) is 9.97 Å². The molecule has 6 nitrogen and oxygen atoms in total. The summed E-state index contributed by atoms with van der Waals surface area (Å²) in [6, 6.07) is 3.96. The van der Waals surface area contributed by atoms with Crippen LogP contribution in [0.4, 0.5) is 19.0 Å². The lowest BCUT2D eigenvalue weighted by atomic mass is 10.2. The second-order valence-electron chi connectivity index (χ2n) is 6.10.